The van der Waals surface area contributed by atoms with Crippen LogP contribution in [0.5, 0.6) is 0 Å². The summed E-state index contributed by atoms with van der Waals surface area (Å²) in [6, 6.07) is 0.899. The molecule has 1 atom stereocenters. The Morgan fingerprint density at radius 1 is 1.31 bits per heavy atom. The van der Waals surface area contributed by atoms with Crippen LogP contribution in [0.3, 0.4) is 0 Å². The third-order valence-electron chi connectivity index (χ3n) is 3.28. The van der Waals surface area contributed by atoms with Crippen LogP contribution < -0.4 is 0 Å². The first-order chi connectivity index (χ1) is 6.40. The first-order valence-corrected chi connectivity index (χ1v) is 6.75. The van der Waals surface area contributed by atoms with Gasteiger partial charge in [-0.25, -0.2) is 0 Å². The average molecular weight is 200 g/mol. The Morgan fingerprint density at radius 3 is 3.08 bits per heavy atom. The lowest BCUT2D eigenvalue weighted by atomic mass is 10.1. The van der Waals surface area contributed by atoms with Crippen molar-refractivity contribution in [3.63, 3.8) is 0 Å². The van der Waals surface area contributed by atoms with Crippen molar-refractivity contribution in [3.8, 4) is 0 Å². The first kappa shape index (κ1) is 9.81. The van der Waals surface area contributed by atoms with Crippen LogP contribution in [0.1, 0.15) is 12.8 Å². The third kappa shape index (κ3) is 2.39. The highest BCUT2D eigenvalue weighted by molar-refractivity contribution is 7.98. The number of nitrogens with zero attached hydrogens (tertiary/aromatic N) is 2. The van der Waals surface area contributed by atoms with Crippen molar-refractivity contribution in [2.45, 2.75) is 18.9 Å². The molecule has 1 unspecified atom stereocenters. The molecule has 0 aromatic heterocycles. The molecule has 0 bridgehead atoms. The lowest BCUT2D eigenvalue weighted by molar-refractivity contribution is 0.110. The summed E-state index contributed by atoms with van der Waals surface area (Å²) < 4.78 is 0. The monoisotopic (exact) mass is 200 g/mol. The van der Waals surface area contributed by atoms with E-state index in [1.807, 2.05) is 11.8 Å². The van der Waals surface area contributed by atoms with Gasteiger partial charge in [-0.15, -0.1) is 0 Å². The second kappa shape index (κ2) is 4.67. The summed E-state index contributed by atoms with van der Waals surface area (Å²) in [6.45, 7) is 6.61. The van der Waals surface area contributed by atoms with Crippen molar-refractivity contribution >= 4 is 11.8 Å². The van der Waals surface area contributed by atoms with E-state index in [2.05, 4.69) is 16.1 Å². The molecular formula is C10H20N2S. The van der Waals surface area contributed by atoms with Gasteiger partial charge >= 0.3 is 0 Å². The minimum atomic E-state index is 0.899. The molecule has 2 saturated heterocycles. The fraction of sp³-hybridized carbons (Fsp3) is 1.00. The lowest BCUT2D eigenvalue weighted by Crippen LogP contribution is -2.50. The maximum atomic E-state index is 2.68. The van der Waals surface area contributed by atoms with Crippen molar-refractivity contribution in [2.75, 3.05) is 44.7 Å². The first-order valence-electron chi connectivity index (χ1n) is 5.35. The maximum Gasteiger partial charge on any atom is 0.0224 e. The number of rotatable bonds is 3. The molecule has 2 aliphatic rings. The van der Waals surface area contributed by atoms with Gasteiger partial charge in [0, 0.05) is 38.0 Å². The van der Waals surface area contributed by atoms with Crippen molar-refractivity contribution in [2.24, 2.45) is 0 Å². The Balaban J connectivity index is 1.76. The third-order valence-corrected chi connectivity index (χ3v) is 3.87. The Kier molecular flexibility index (Phi) is 3.52. The van der Waals surface area contributed by atoms with Crippen LogP contribution in [0.15, 0.2) is 0 Å². The molecule has 2 nitrogen and oxygen atoms in total. The Labute approximate surface area is 85.7 Å². The molecule has 2 heterocycles. The van der Waals surface area contributed by atoms with Crippen molar-refractivity contribution in [1.82, 2.24) is 9.80 Å². The average Bonchev–Trinajstić information content (AvgIpc) is 2.61. The van der Waals surface area contributed by atoms with E-state index in [1.54, 1.807) is 0 Å². The van der Waals surface area contributed by atoms with Crippen molar-refractivity contribution in [3.05, 3.63) is 0 Å². The second-order valence-electron chi connectivity index (χ2n) is 4.13. The largest absolute Gasteiger partial charge is 0.300 e. The number of piperazine rings is 1. The molecule has 0 aromatic rings. The molecule has 2 rings (SSSR count). The van der Waals surface area contributed by atoms with Gasteiger partial charge in [-0.1, -0.05) is 0 Å². The summed E-state index contributed by atoms with van der Waals surface area (Å²) in [4.78, 5) is 5.32. The fourth-order valence-electron chi connectivity index (χ4n) is 2.48. The van der Waals surface area contributed by atoms with Gasteiger partial charge in [0.2, 0.25) is 0 Å². The molecular weight excluding hydrogens is 180 g/mol. The van der Waals surface area contributed by atoms with Gasteiger partial charge in [0.05, 0.1) is 0 Å². The summed E-state index contributed by atoms with van der Waals surface area (Å²) in [5.74, 6) is 1.30. The van der Waals surface area contributed by atoms with Crippen molar-refractivity contribution in [1.29, 1.82) is 0 Å². The zero-order valence-electron chi connectivity index (χ0n) is 8.54. The Bertz CT molecular complexity index is 163. The predicted molar refractivity (Wildman–Crippen MR) is 59.4 cm³/mol. The Hall–Kier alpha value is 0.270. The van der Waals surface area contributed by atoms with Gasteiger partial charge in [-0.2, -0.15) is 11.8 Å². The molecule has 0 aromatic carbocycles. The number of thioether (sulfide) groups is 1. The van der Waals surface area contributed by atoms with Gasteiger partial charge < -0.3 is 0 Å². The smallest absolute Gasteiger partial charge is 0.0224 e. The van der Waals surface area contributed by atoms with E-state index in [0.717, 1.165) is 6.04 Å². The molecule has 0 radical (unpaired) electrons. The minimum absolute atomic E-state index is 0.899. The lowest BCUT2D eigenvalue weighted by Gasteiger charge is -2.37. The molecule has 13 heavy (non-hydrogen) atoms. The number of hydrogen-bond donors (Lipinski definition) is 0. The highest BCUT2D eigenvalue weighted by Crippen LogP contribution is 2.21. The predicted octanol–water partition coefficient (Wildman–Crippen LogP) is 1.13. The van der Waals surface area contributed by atoms with Gasteiger partial charge in [0.1, 0.15) is 0 Å². The van der Waals surface area contributed by atoms with E-state index in [9.17, 15) is 0 Å². The van der Waals surface area contributed by atoms with Crippen LogP contribution in [0, 0.1) is 0 Å². The van der Waals surface area contributed by atoms with Crippen molar-refractivity contribution < 1.29 is 0 Å². The highest BCUT2D eigenvalue weighted by Gasteiger charge is 2.29. The van der Waals surface area contributed by atoms with E-state index in [4.69, 9.17) is 0 Å². The molecule has 0 amide bonds. The topological polar surface area (TPSA) is 6.48 Å². The van der Waals surface area contributed by atoms with Crippen LogP contribution in [-0.2, 0) is 0 Å². The Morgan fingerprint density at radius 2 is 2.23 bits per heavy atom. The molecule has 2 aliphatic heterocycles. The van der Waals surface area contributed by atoms with Crippen LogP contribution in [-0.4, -0.2) is 60.6 Å². The number of fused-ring (bicyclic) bond motifs is 1. The number of hydrogen-bond acceptors (Lipinski definition) is 3. The quantitative estimate of drug-likeness (QED) is 0.674. The summed E-state index contributed by atoms with van der Waals surface area (Å²) in [5.41, 5.74) is 0. The van der Waals surface area contributed by atoms with E-state index < -0.39 is 0 Å². The SMILES string of the molecule is CSCCN1CCN2CCCC2C1. The summed E-state index contributed by atoms with van der Waals surface area (Å²) in [5, 5.41) is 0. The standard InChI is InChI=1S/C10H20N2S/c1-13-8-7-11-5-6-12-4-2-3-10(12)9-11/h10H,2-9H2,1H3. The van der Waals surface area contributed by atoms with E-state index >= 15 is 0 Å². The molecule has 0 aliphatic carbocycles. The fourth-order valence-corrected chi connectivity index (χ4v) is 2.92. The van der Waals surface area contributed by atoms with Crippen LogP contribution >= 0.6 is 11.8 Å². The van der Waals surface area contributed by atoms with E-state index in [-0.39, 0.29) is 0 Å². The molecule has 0 saturated carbocycles. The van der Waals surface area contributed by atoms with E-state index in [1.165, 1.54) is 51.3 Å². The minimum Gasteiger partial charge on any atom is -0.300 e. The summed E-state index contributed by atoms with van der Waals surface area (Å²) in [6.07, 6.45) is 5.07. The second-order valence-corrected chi connectivity index (χ2v) is 5.11. The van der Waals surface area contributed by atoms with Gasteiger partial charge in [-0.05, 0) is 25.6 Å². The van der Waals surface area contributed by atoms with Gasteiger partial charge in [-0.3, -0.25) is 9.80 Å². The molecule has 2 fully saturated rings. The highest BCUT2D eigenvalue weighted by atomic mass is 32.2. The summed E-state index contributed by atoms with van der Waals surface area (Å²) in [7, 11) is 0. The van der Waals surface area contributed by atoms with Crippen LogP contribution in [0.2, 0.25) is 0 Å². The van der Waals surface area contributed by atoms with Gasteiger partial charge in [0.15, 0.2) is 0 Å². The molecule has 0 spiro atoms. The normalized spacial score (nSPS) is 30.7. The van der Waals surface area contributed by atoms with Crippen LogP contribution in [0.25, 0.3) is 0 Å². The molecule has 3 heteroatoms. The zero-order valence-corrected chi connectivity index (χ0v) is 9.35. The van der Waals surface area contributed by atoms with E-state index in [0.29, 0.717) is 0 Å². The summed E-state index contributed by atoms with van der Waals surface area (Å²) >= 11 is 1.97. The van der Waals surface area contributed by atoms with Gasteiger partial charge in [0.25, 0.3) is 0 Å². The molecule has 0 N–H and O–H groups in total. The zero-order chi connectivity index (χ0) is 9.10. The molecule has 76 valence electrons. The van der Waals surface area contributed by atoms with Crippen LogP contribution in [0.4, 0.5) is 0 Å². The maximum absolute atomic E-state index is 2.68.